The lowest BCUT2D eigenvalue weighted by Crippen LogP contribution is -2.43. The van der Waals surface area contributed by atoms with Crippen LogP contribution in [-0.4, -0.2) is 25.0 Å². The number of hydrogen-bond donors (Lipinski definition) is 2. The second-order valence-corrected chi connectivity index (χ2v) is 7.54. The normalized spacial score (nSPS) is 23.7. The van der Waals surface area contributed by atoms with Gasteiger partial charge in [0, 0.05) is 29.3 Å². The Balaban J connectivity index is 0.00000176. The molecule has 0 aromatic carbocycles. The van der Waals surface area contributed by atoms with E-state index < -0.39 is 0 Å². The first kappa shape index (κ1) is 17.8. The predicted octanol–water partition coefficient (Wildman–Crippen LogP) is 3.63. The summed E-state index contributed by atoms with van der Waals surface area (Å²) in [5, 5.41) is 8.80. The minimum atomic E-state index is 0. The van der Waals surface area contributed by atoms with E-state index in [1.165, 1.54) is 43.4 Å². The van der Waals surface area contributed by atoms with Crippen molar-refractivity contribution in [2.24, 2.45) is 0 Å². The molecule has 1 aliphatic heterocycles. The monoisotopic (exact) mass is 342 g/mol. The zero-order valence-electron chi connectivity index (χ0n) is 13.1. The van der Waals surface area contributed by atoms with Crippen LogP contribution >= 0.6 is 23.7 Å². The van der Waals surface area contributed by atoms with Gasteiger partial charge in [-0.2, -0.15) is 0 Å². The van der Waals surface area contributed by atoms with Crippen LogP contribution in [0.15, 0.2) is 17.5 Å². The molecule has 1 aliphatic carbocycles. The third-order valence-corrected chi connectivity index (χ3v) is 6.19. The molecule has 0 spiro atoms. The Bertz CT molecular complexity index is 451. The highest BCUT2D eigenvalue weighted by Gasteiger charge is 2.35. The van der Waals surface area contributed by atoms with Crippen LogP contribution in [0.25, 0.3) is 0 Å². The summed E-state index contributed by atoms with van der Waals surface area (Å²) < 4.78 is 0. The van der Waals surface area contributed by atoms with Gasteiger partial charge in [-0.25, -0.2) is 0 Å². The third-order valence-electron chi connectivity index (χ3n) is 5.07. The second-order valence-electron chi connectivity index (χ2n) is 6.59. The van der Waals surface area contributed by atoms with E-state index in [2.05, 4.69) is 28.1 Å². The fourth-order valence-corrected chi connectivity index (χ4v) is 4.80. The Morgan fingerprint density at radius 3 is 2.77 bits per heavy atom. The molecule has 2 N–H and O–H groups in total. The first-order valence-corrected chi connectivity index (χ1v) is 9.21. The number of carbonyl (C=O) groups is 1. The first-order chi connectivity index (χ1) is 10.3. The van der Waals surface area contributed by atoms with E-state index in [9.17, 15) is 4.79 Å². The van der Waals surface area contributed by atoms with Crippen LogP contribution < -0.4 is 10.6 Å². The van der Waals surface area contributed by atoms with Crippen LogP contribution in [0.2, 0.25) is 0 Å². The quantitative estimate of drug-likeness (QED) is 0.857. The van der Waals surface area contributed by atoms with Crippen molar-refractivity contribution in [1.29, 1.82) is 0 Å². The predicted molar refractivity (Wildman–Crippen MR) is 95.0 cm³/mol. The Kier molecular flexibility index (Phi) is 6.72. The lowest BCUT2D eigenvalue weighted by molar-refractivity contribution is -0.121. The summed E-state index contributed by atoms with van der Waals surface area (Å²) in [6, 6.07) is 4.79. The van der Waals surface area contributed by atoms with Crippen LogP contribution in [0.1, 0.15) is 56.2 Å². The Hall–Kier alpha value is -0.580. The number of rotatable bonds is 5. The van der Waals surface area contributed by atoms with Crippen LogP contribution in [0.4, 0.5) is 0 Å². The van der Waals surface area contributed by atoms with Crippen molar-refractivity contribution in [3.05, 3.63) is 22.4 Å². The number of amides is 1. The lowest BCUT2D eigenvalue weighted by Gasteiger charge is -2.37. The van der Waals surface area contributed by atoms with E-state index in [0.717, 1.165) is 19.5 Å². The van der Waals surface area contributed by atoms with Crippen molar-refractivity contribution < 1.29 is 4.79 Å². The minimum Gasteiger partial charge on any atom is -0.355 e. The van der Waals surface area contributed by atoms with Gasteiger partial charge in [-0.15, -0.1) is 23.7 Å². The summed E-state index contributed by atoms with van der Waals surface area (Å²) in [6.07, 6.45) is 9.34. The molecule has 5 heteroatoms. The maximum absolute atomic E-state index is 12.2. The van der Waals surface area contributed by atoms with Crippen LogP contribution in [0.3, 0.4) is 0 Å². The highest BCUT2D eigenvalue weighted by molar-refractivity contribution is 7.10. The number of nitrogens with one attached hydrogen (secondary N) is 2. The van der Waals surface area contributed by atoms with Gasteiger partial charge in [-0.05, 0) is 43.7 Å². The van der Waals surface area contributed by atoms with Crippen LogP contribution in [0, 0.1) is 0 Å². The summed E-state index contributed by atoms with van der Waals surface area (Å²) in [6.45, 7) is 1.89. The highest BCUT2D eigenvalue weighted by Crippen LogP contribution is 2.41. The molecule has 3 nitrogen and oxygen atoms in total. The molecule has 1 aromatic rings. The lowest BCUT2D eigenvalue weighted by atomic mass is 9.73. The maximum Gasteiger partial charge on any atom is 0.221 e. The Labute approximate surface area is 143 Å². The van der Waals surface area contributed by atoms with Gasteiger partial charge in [-0.1, -0.05) is 25.3 Å². The summed E-state index contributed by atoms with van der Waals surface area (Å²) in [5.74, 6) is 0.218. The molecular formula is C17H27ClN2OS. The molecule has 2 aliphatic rings. The average molecular weight is 343 g/mol. The molecule has 124 valence electrons. The van der Waals surface area contributed by atoms with E-state index in [1.807, 2.05) is 11.3 Å². The van der Waals surface area contributed by atoms with Gasteiger partial charge in [0.05, 0.1) is 0 Å². The molecule has 1 amide bonds. The summed E-state index contributed by atoms with van der Waals surface area (Å²) in [5.41, 5.74) is 0.200. The van der Waals surface area contributed by atoms with Crippen LogP contribution in [-0.2, 0) is 10.2 Å². The van der Waals surface area contributed by atoms with Gasteiger partial charge in [0.1, 0.15) is 0 Å². The minimum absolute atomic E-state index is 0. The molecule has 1 atom stereocenters. The topological polar surface area (TPSA) is 41.1 Å². The zero-order valence-corrected chi connectivity index (χ0v) is 14.7. The van der Waals surface area contributed by atoms with E-state index in [4.69, 9.17) is 0 Å². The standard InChI is InChI=1S/C17H26N2OS.ClH/c20-16(12-14-6-4-10-18-14)19-13-17(8-2-1-3-9-17)15-7-5-11-21-15;/h5,7,11,14,18H,1-4,6,8-10,12-13H2,(H,19,20);1H. The molecular weight excluding hydrogens is 316 g/mol. The molecule has 3 rings (SSSR count). The van der Waals surface area contributed by atoms with Crippen LogP contribution in [0.5, 0.6) is 0 Å². The van der Waals surface area contributed by atoms with Crippen molar-refractivity contribution >= 4 is 29.7 Å². The van der Waals surface area contributed by atoms with Gasteiger partial charge < -0.3 is 10.6 Å². The van der Waals surface area contributed by atoms with Crippen molar-refractivity contribution in [1.82, 2.24) is 10.6 Å². The summed E-state index contributed by atoms with van der Waals surface area (Å²) >= 11 is 1.85. The Morgan fingerprint density at radius 1 is 1.32 bits per heavy atom. The molecule has 0 radical (unpaired) electrons. The smallest absolute Gasteiger partial charge is 0.221 e. The number of thiophene rings is 1. The largest absolute Gasteiger partial charge is 0.355 e. The molecule has 22 heavy (non-hydrogen) atoms. The fraction of sp³-hybridized carbons (Fsp3) is 0.706. The number of hydrogen-bond acceptors (Lipinski definition) is 3. The third kappa shape index (κ3) is 4.24. The average Bonchev–Trinajstić information content (AvgIpc) is 3.19. The second kappa shape index (κ2) is 8.32. The van der Waals surface area contributed by atoms with Crippen molar-refractivity contribution in [2.75, 3.05) is 13.1 Å². The molecule has 1 saturated carbocycles. The van der Waals surface area contributed by atoms with Crippen molar-refractivity contribution in [2.45, 2.75) is 62.8 Å². The van der Waals surface area contributed by atoms with Gasteiger partial charge in [0.2, 0.25) is 5.91 Å². The highest BCUT2D eigenvalue weighted by atomic mass is 35.5. The van der Waals surface area contributed by atoms with E-state index >= 15 is 0 Å². The van der Waals surface area contributed by atoms with E-state index in [0.29, 0.717) is 12.5 Å². The number of halogens is 1. The summed E-state index contributed by atoms with van der Waals surface area (Å²) in [4.78, 5) is 13.7. The van der Waals surface area contributed by atoms with Gasteiger partial charge in [0.15, 0.2) is 0 Å². The molecule has 0 bridgehead atoms. The molecule has 2 heterocycles. The van der Waals surface area contributed by atoms with Gasteiger partial charge >= 0.3 is 0 Å². The van der Waals surface area contributed by atoms with Gasteiger partial charge in [0.25, 0.3) is 0 Å². The first-order valence-electron chi connectivity index (χ1n) is 8.33. The van der Waals surface area contributed by atoms with Gasteiger partial charge in [-0.3, -0.25) is 4.79 Å². The van der Waals surface area contributed by atoms with Crippen molar-refractivity contribution in [3.63, 3.8) is 0 Å². The van der Waals surface area contributed by atoms with E-state index in [1.54, 1.807) is 0 Å². The fourth-order valence-electron chi connectivity index (χ4n) is 3.81. The molecule has 1 aromatic heterocycles. The van der Waals surface area contributed by atoms with E-state index in [-0.39, 0.29) is 23.7 Å². The number of carbonyl (C=O) groups excluding carboxylic acids is 1. The zero-order chi connectivity index (χ0) is 14.5. The van der Waals surface area contributed by atoms with Crippen molar-refractivity contribution in [3.8, 4) is 0 Å². The summed E-state index contributed by atoms with van der Waals surface area (Å²) in [7, 11) is 0. The maximum atomic E-state index is 12.2. The molecule has 1 unspecified atom stereocenters. The molecule has 1 saturated heterocycles. The molecule has 2 fully saturated rings. The SMILES string of the molecule is Cl.O=C(CC1CCCN1)NCC1(c2cccs2)CCCCC1. The Morgan fingerprint density at radius 2 is 2.14 bits per heavy atom.